The molecule has 1 atom stereocenters. The van der Waals surface area contributed by atoms with Crippen LogP contribution in [0.5, 0.6) is 0 Å². The number of ether oxygens (including phenoxy) is 2. The Kier molecular flexibility index (Phi) is 14.9. The maximum Gasteiger partial charge on any atom is 0.305 e. The molecular formula is C27H38Cl2N2O3. The molecule has 1 aromatic heterocycles. The lowest BCUT2D eigenvalue weighted by Crippen LogP contribution is -2.10. The van der Waals surface area contributed by atoms with E-state index in [4.69, 9.17) is 32.7 Å². The molecule has 0 aliphatic carbocycles. The Hall–Kier alpha value is -1.69. The summed E-state index contributed by atoms with van der Waals surface area (Å²) in [6, 6.07) is 5.50. The first-order valence-electron chi connectivity index (χ1n) is 12.6. The van der Waals surface area contributed by atoms with Crippen molar-refractivity contribution in [3.63, 3.8) is 0 Å². The van der Waals surface area contributed by atoms with Crippen LogP contribution < -0.4 is 0 Å². The van der Waals surface area contributed by atoms with Crippen molar-refractivity contribution in [1.82, 2.24) is 9.97 Å². The van der Waals surface area contributed by atoms with Crippen LogP contribution in [0.15, 0.2) is 36.9 Å². The lowest BCUT2D eigenvalue weighted by molar-refractivity contribution is -0.143. The second kappa shape index (κ2) is 17.7. The molecule has 0 spiro atoms. The summed E-state index contributed by atoms with van der Waals surface area (Å²) in [5.41, 5.74) is 1.91. The zero-order chi connectivity index (χ0) is 24.4. The van der Waals surface area contributed by atoms with Gasteiger partial charge in [-0.15, -0.1) is 0 Å². The molecule has 0 radical (unpaired) electrons. The van der Waals surface area contributed by atoms with Gasteiger partial charge in [-0.05, 0) is 42.5 Å². The Bertz CT molecular complexity index is 821. The lowest BCUT2D eigenvalue weighted by Gasteiger charge is -2.20. The molecule has 2 rings (SSSR count). The van der Waals surface area contributed by atoms with Gasteiger partial charge in [-0.3, -0.25) is 4.79 Å². The third-order valence-electron chi connectivity index (χ3n) is 5.70. The van der Waals surface area contributed by atoms with Gasteiger partial charge in [0.1, 0.15) is 6.33 Å². The number of carbonyl (C=O) groups is 1. The Morgan fingerprint density at radius 2 is 1.59 bits per heavy atom. The van der Waals surface area contributed by atoms with E-state index < -0.39 is 0 Å². The summed E-state index contributed by atoms with van der Waals surface area (Å²) in [5.74, 6) is -0.0635. The fourth-order valence-electron chi connectivity index (χ4n) is 3.76. The standard InChI is InChI=1S/C27H38Cl2N2O3/c1-2-3-4-7-11-16-34-27(32)12-9-6-5-8-10-15-33-26(17-22-19-30-21-31-20-22)24-14-13-23(28)18-25(24)29/h13-14,18-21,26H,2-12,15-17H2,1H3. The van der Waals surface area contributed by atoms with Gasteiger partial charge in [0.05, 0.1) is 12.7 Å². The molecule has 1 heterocycles. The predicted molar refractivity (Wildman–Crippen MR) is 138 cm³/mol. The molecule has 0 fully saturated rings. The van der Waals surface area contributed by atoms with E-state index in [1.54, 1.807) is 18.5 Å². The number of rotatable bonds is 18. The normalized spacial score (nSPS) is 12.0. The average Bonchev–Trinajstić information content (AvgIpc) is 2.83. The van der Waals surface area contributed by atoms with E-state index in [1.165, 1.54) is 25.6 Å². The molecule has 188 valence electrons. The number of aromatic nitrogens is 2. The SMILES string of the molecule is CCCCCCCOC(=O)CCCCCCCOC(Cc1cncnc1)c1ccc(Cl)cc1Cl. The molecule has 0 aliphatic rings. The molecule has 0 saturated heterocycles. The molecule has 0 bridgehead atoms. The summed E-state index contributed by atoms with van der Waals surface area (Å²) in [6.07, 6.45) is 16.9. The van der Waals surface area contributed by atoms with Gasteiger partial charge >= 0.3 is 5.97 Å². The van der Waals surface area contributed by atoms with Crippen LogP contribution in [-0.2, 0) is 20.7 Å². The maximum absolute atomic E-state index is 11.8. The van der Waals surface area contributed by atoms with Crippen molar-refractivity contribution in [3.05, 3.63) is 58.1 Å². The van der Waals surface area contributed by atoms with E-state index >= 15 is 0 Å². The number of nitrogens with zero attached hydrogens (tertiary/aromatic N) is 2. The minimum atomic E-state index is -0.187. The Morgan fingerprint density at radius 1 is 0.912 bits per heavy atom. The smallest absolute Gasteiger partial charge is 0.305 e. The first-order chi connectivity index (χ1) is 16.6. The van der Waals surface area contributed by atoms with E-state index in [2.05, 4.69) is 16.9 Å². The molecule has 0 N–H and O–H groups in total. The van der Waals surface area contributed by atoms with Gasteiger partial charge in [-0.1, -0.05) is 81.1 Å². The second-order valence-corrected chi connectivity index (χ2v) is 9.47. The number of carbonyl (C=O) groups excluding carboxylic acids is 1. The number of esters is 1. The summed E-state index contributed by atoms with van der Waals surface area (Å²) < 4.78 is 11.5. The molecule has 7 heteroatoms. The van der Waals surface area contributed by atoms with Gasteiger partial charge in [0.25, 0.3) is 0 Å². The van der Waals surface area contributed by atoms with Gasteiger partial charge in [-0.2, -0.15) is 0 Å². The molecule has 5 nitrogen and oxygen atoms in total. The first kappa shape index (κ1) is 28.5. The zero-order valence-electron chi connectivity index (χ0n) is 20.3. The van der Waals surface area contributed by atoms with Crippen molar-refractivity contribution >= 4 is 29.2 Å². The van der Waals surface area contributed by atoms with Crippen molar-refractivity contribution in [3.8, 4) is 0 Å². The van der Waals surface area contributed by atoms with E-state index in [-0.39, 0.29) is 12.1 Å². The van der Waals surface area contributed by atoms with Crippen LogP contribution in [0.4, 0.5) is 0 Å². The Balaban J connectivity index is 1.62. The number of unbranched alkanes of at least 4 members (excludes halogenated alkanes) is 8. The number of hydrogen-bond acceptors (Lipinski definition) is 5. The molecule has 0 amide bonds. The van der Waals surface area contributed by atoms with Crippen molar-refractivity contribution in [1.29, 1.82) is 0 Å². The summed E-state index contributed by atoms with van der Waals surface area (Å²) in [5, 5.41) is 1.20. The van der Waals surface area contributed by atoms with Crippen LogP contribution in [0.25, 0.3) is 0 Å². The van der Waals surface area contributed by atoms with Gasteiger partial charge in [0.2, 0.25) is 0 Å². The highest BCUT2D eigenvalue weighted by Gasteiger charge is 2.17. The number of hydrogen-bond donors (Lipinski definition) is 0. The fraction of sp³-hybridized carbons (Fsp3) is 0.593. The lowest BCUT2D eigenvalue weighted by atomic mass is 10.0. The van der Waals surface area contributed by atoms with E-state index in [9.17, 15) is 4.79 Å². The van der Waals surface area contributed by atoms with Gasteiger partial charge in [0.15, 0.2) is 0 Å². The molecule has 0 aliphatic heterocycles. The number of halogens is 2. The summed E-state index contributed by atoms with van der Waals surface area (Å²) >= 11 is 12.5. The van der Waals surface area contributed by atoms with Crippen molar-refractivity contribution in [2.75, 3.05) is 13.2 Å². The Labute approximate surface area is 214 Å². The van der Waals surface area contributed by atoms with E-state index in [0.717, 1.165) is 56.1 Å². The summed E-state index contributed by atoms with van der Waals surface area (Å²) in [7, 11) is 0. The minimum Gasteiger partial charge on any atom is -0.466 e. The zero-order valence-corrected chi connectivity index (χ0v) is 21.8. The van der Waals surface area contributed by atoms with Crippen molar-refractivity contribution < 1.29 is 14.3 Å². The second-order valence-electron chi connectivity index (χ2n) is 8.63. The highest BCUT2D eigenvalue weighted by Crippen LogP contribution is 2.31. The minimum absolute atomic E-state index is 0.0635. The van der Waals surface area contributed by atoms with Crippen LogP contribution in [0.3, 0.4) is 0 Å². The molecule has 1 aromatic carbocycles. The highest BCUT2D eigenvalue weighted by molar-refractivity contribution is 6.35. The van der Waals surface area contributed by atoms with Crippen LogP contribution in [0.1, 0.15) is 94.8 Å². The third-order valence-corrected chi connectivity index (χ3v) is 6.26. The van der Waals surface area contributed by atoms with Crippen molar-refractivity contribution in [2.24, 2.45) is 0 Å². The highest BCUT2D eigenvalue weighted by atomic mass is 35.5. The third kappa shape index (κ3) is 12.1. The Morgan fingerprint density at radius 3 is 2.32 bits per heavy atom. The summed E-state index contributed by atoms with van der Waals surface area (Å²) in [6.45, 7) is 3.40. The molecule has 1 unspecified atom stereocenters. The average molecular weight is 510 g/mol. The molecular weight excluding hydrogens is 471 g/mol. The summed E-state index contributed by atoms with van der Waals surface area (Å²) in [4.78, 5) is 20.0. The number of benzene rings is 1. The monoisotopic (exact) mass is 508 g/mol. The van der Waals surface area contributed by atoms with Gasteiger partial charge in [0, 0.05) is 41.9 Å². The van der Waals surface area contributed by atoms with E-state index in [1.807, 2.05) is 12.1 Å². The van der Waals surface area contributed by atoms with Crippen LogP contribution in [-0.4, -0.2) is 29.2 Å². The largest absolute Gasteiger partial charge is 0.466 e. The molecule has 2 aromatic rings. The topological polar surface area (TPSA) is 61.3 Å². The van der Waals surface area contributed by atoms with Gasteiger partial charge < -0.3 is 9.47 Å². The van der Waals surface area contributed by atoms with Crippen LogP contribution in [0, 0.1) is 0 Å². The van der Waals surface area contributed by atoms with E-state index in [0.29, 0.717) is 36.1 Å². The van der Waals surface area contributed by atoms with Crippen molar-refractivity contribution in [2.45, 2.75) is 90.1 Å². The molecule has 0 saturated carbocycles. The maximum atomic E-state index is 11.8. The quantitative estimate of drug-likeness (QED) is 0.151. The fourth-order valence-corrected chi connectivity index (χ4v) is 4.29. The first-order valence-corrected chi connectivity index (χ1v) is 13.3. The van der Waals surface area contributed by atoms with Crippen LogP contribution >= 0.6 is 23.2 Å². The van der Waals surface area contributed by atoms with Gasteiger partial charge in [-0.25, -0.2) is 9.97 Å². The van der Waals surface area contributed by atoms with Crippen LogP contribution in [0.2, 0.25) is 10.0 Å². The predicted octanol–water partition coefficient (Wildman–Crippen LogP) is 7.94. The molecule has 34 heavy (non-hydrogen) atoms.